The molecule has 0 aromatic heterocycles. The summed E-state index contributed by atoms with van der Waals surface area (Å²) in [6.07, 6.45) is 92.4. The number of unbranched alkanes of at least 4 members (excludes halogenated alkanes) is 39. The van der Waals surface area contributed by atoms with Gasteiger partial charge in [0.2, 0.25) is 0 Å². The maximum Gasteiger partial charge on any atom is 0.306 e. The van der Waals surface area contributed by atoms with Crippen LogP contribution in [0.1, 0.15) is 355 Å². The highest BCUT2D eigenvalue weighted by molar-refractivity contribution is 5.71. The number of carbonyl (C=O) groups is 3. The fourth-order valence-electron chi connectivity index (χ4n) is 10.2. The van der Waals surface area contributed by atoms with Crippen molar-refractivity contribution in [1.82, 2.24) is 0 Å². The van der Waals surface area contributed by atoms with Crippen molar-refractivity contribution in [3.05, 3.63) is 85.1 Å². The van der Waals surface area contributed by atoms with Gasteiger partial charge in [-0.3, -0.25) is 14.4 Å². The van der Waals surface area contributed by atoms with Gasteiger partial charge in [-0.25, -0.2) is 0 Å². The maximum absolute atomic E-state index is 12.9. The molecule has 0 N–H and O–H groups in total. The van der Waals surface area contributed by atoms with Gasteiger partial charge in [0.25, 0.3) is 0 Å². The Bertz CT molecular complexity index is 1530. The minimum Gasteiger partial charge on any atom is -0.462 e. The molecule has 0 radical (unpaired) electrons. The number of esters is 3. The molecular formula is C75H132O6. The van der Waals surface area contributed by atoms with Crippen LogP contribution in [0.4, 0.5) is 0 Å². The highest BCUT2D eigenvalue weighted by Crippen LogP contribution is 2.18. The first-order valence-electron chi connectivity index (χ1n) is 35.1. The van der Waals surface area contributed by atoms with Crippen molar-refractivity contribution in [2.24, 2.45) is 0 Å². The Balaban J connectivity index is 3.95. The molecule has 6 nitrogen and oxygen atoms in total. The van der Waals surface area contributed by atoms with E-state index in [4.69, 9.17) is 14.2 Å². The first-order chi connectivity index (χ1) is 40.0. The van der Waals surface area contributed by atoms with E-state index < -0.39 is 6.10 Å². The van der Waals surface area contributed by atoms with Crippen LogP contribution in [-0.4, -0.2) is 37.2 Å². The van der Waals surface area contributed by atoms with Gasteiger partial charge in [-0.1, -0.05) is 324 Å². The van der Waals surface area contributed by atoms with Crippen molar-refractivity contribution in [3.8, 4) is 0 Å². The van der Waals surface area contributed by atoms with Crippen LogP contribution in [0, 0.1) is 0 Å². The van der Waals surface area contributed by atoms with E-state index in [0.717, 1.165) is 103 Å². The normalized spacial score (nSPS) is 12.6. The summed E-state index contributed by atoms with van der Waals surface area (Å²) >= 11 is 0. The largest absolute Gasteiger partial charge is 0.462 e. The number of ether oxygens (including phenoxy) is 3. The van der Waals surface area contributed by atoms with Crippen molar-refractivity contribution in [3.63, 3.8) is 0 Å². The summed E-state index contributed by atoms with van der Waals surface area (Å²) in [4.78, 5) is 38.0. The van der Waals surface area contributed by atoms with Gasteiger partial charge in [-0.05, 0) is 96.3 Å². The van der Waals surface area contributed by atoms with Crippen molar-refractivity contribution in [2.45, 2.75) is 361 Å². The smallest absolute Gasteiger partial charge is 0.306 e. The summed E-state index contributed by atoms with van der Waals surface area (Å²) in [5.41, 5.74) is 0. The molecule has 0 amide bonds. The lowest BCUT2D eigenvalue weighted by molar-refractivity contribution is -0.167. The lowest BCUT2D eigenvalue weighted by atomic mass is 10.0. The van der Waals surface area contributed by atoms with Gasteiger partial charge >= 0.3 is 17.9 Å². The van der Waals surface area contributed by atoms with Crippen LogP contribution >= 0.6 is 0 Å². The molecule has 0 aromatic carbocycles. The summed E-state index contributed by atoms with van der Waals surface area (Å²) in [6.45, 7) is 6.47. The van der Waals surface area contributed by atoms with Crippen molar-refractivity contribution >= 4 is 17.9 Å². The number of hydrogen-bond donors (Lipinski definition) is 0. The second-order valence-corrected chi connectivity index (χ2v) is 23.4. The minimum absolute atomic E-state index is 0.0738. The Morgan fingerprint density at radius 3 is 0.753 bits per heavy atom. The van der Waals surface area contributed by atoms with Gasteiger partial charge in [-0.15, -0.1) is 0 Å². The first-order valence-corrected chi connectivity index (χ1v) is 35.1. The molecule has 0 bridgehead atoms. The van der Waals surface area contributed by atoms with E-state index in [9.17, 15) is 14.4 Å². The van der Waals surface area contributed by atoms with E-state index >= 15 is 0 Å². The van der Waals surface area contributed by atoms with Gasteiger partial charge in [0, 0.05) is 19.3 Å². The third-order valence-corrected chi connectivity index (χ3v) is 15.4. The zero-order valence-corrected chi connectivity index (χ0v) is 53.8. The summed E-state index contributed by atoms with van der Waals surface area (Å²) in [6, 6.07) is 0. The second kappa shape index (κ2) is 69.1. The topological polar surface area (TPSA) is 78.9 Å². The average molecular weight is 1130 g/mol. The molecule has 81 heavy (non-hydrogen) atoms. The summed E-state index contributed by atoms with van der Waals surface area (Å²) < 4.78 is 16.8. The summed E-state index contributed by atoms with van der Waals surface area (Å²) in [5, 5.41) is 0. The SMILES string of the molecule is CC/C=C\C/C=C\C/C=C\C/C=C\CCCCCCCCCCCCCCCCCCCCCCC(=O)OCC(COC(=O)CCCCCCC)OC(=O)CCCCCCCCCCCC/C=C\C/C=C\C/C=C\CCCCCCC. The van der Waals surface area contributed by atoms with Crippen LogP contribution in [0.3, 0.4) is 0 Å². The number of rotatable bonds is 64. The molecule has 0 saturated carbocycles. The zero-order chi connectivity index (χ0) is 58.5. The van der Waals surface area contributed by atoms with Crippen LogP contribution in [0.2, 0.25) is 0 Å². The van der Waals surface area contributed by atoms with Crippen molar-refractivity contribution in [1.29, 1.82) is 0 Å². The molecular weight excluding hydrogens is 997 g/mol. The molecule has 0 saturated heterocycles. The van der Waals surface area contributed by atoms with E-state index in [-0.39, 0.29) is 31.1 Å². The molecule has 0 heterocycles. The molecule has 468 valence electrons. The second-order valence-electron chi connectivity index (χ2n) is 23.4. The number of carbonyl (C=O) groups excluding carboxylic acids is 3. The Morgan fingerprint density at radius 1 is 0.259 bits per heavy atom. The Hall–Kier alpha value is -3.41. The molecule has 0 spiro atoms. The van der Waals surface area contributed by atoms with Gasteiger partial charge in [0.15, 0.2) is 6.10 Å². The van der Waals surface area contributed by atoms with Crippen molar-refractivity contribution < 1.29 is 28.6 Å². The van der Waals surface area contributed by atoms with Crippen LogP contribution < -0.4 is 0 Å². The van der Waals surface area contributed by atoms with E-state index in [1.54, 1.807) is 0 Å². The Labute approximate surface area is 503 Å². The average Bonchev–Trinajstić information content (AvgIpc) is 3.47. The van der Waals surface area contributed by atoms with Gasteiger partial charge in [0.05, 0.1) is 0 Å². The first kappa shape index (κ1) is 77.6. The van der Waals surface area contributed by atoms with E-state index in [1.807, 2.05) is 0 Å². The van der Waals surface area contributed by atoms with E-state index in [0.29, 0.717) is 19.3 Å². The Kier molecular flexibility index (Phi) is 66.2. The predicted octanol–water partition coefficient (Wildman–Crippen LogP) is 24.2. The molecule has 0 aliphatic heterocycles. The quantitative estimate of drug-likeness (QED) is 0.0261. The van der Waals surface area contributed by atoms with Crippen molar-refractivity contribution in [2.75, 3.05) is 13.2 Å². The van der Waals surface area contributed by atoms with Crippen LogP contribution in [0.5, 0.6) is 0 Å². The van der Waals surface area contributed by atoms with Gasteiger partial charge < -0.3 is 14.2 Å². The number of allylic oxidation sites excluding steroid dienone is 14. The minimum atomic E-state index is -0.774. The fourth-order valence-corrected chi connectivity index (χ4v) is 10.2. The maximum atomic E-state index is 12.9. The standard InChI is InChI=1S/C75H132O6/c1-4-7-10-13-15-17-19-21-23-25-27-29-31-33-34-35-36-37-38-39-40-42-43-45-47-49-51-53-55-57-59-62-65-68-74(77)80-71-72(70-79-73(76)67-64-61-12-9-6-3)81-75(78)69-66-63-60-58-56-54-52-50-48-46-44-41-32-30-28-26-24-22-20-18-16-14-11-8-5-2/h7,10,15,17,20-23,26-29,32,41,72H,4-6,8-9,11-14,16,18-19,24-25,30-31,33-40,42-71H2,1-3H3/b10-7-,17-15-,22-20-,23-21-,28-26-,29-27-,41-32-. The molecule has 6 heteroatoms. The third-order valence-electron chi connectivity index (χ3n) is 15.4. The highest BCUT2D eigenvalue weighted by atomic mass is 16.6. The molecule has 0 aliphatic carbocycles. The predicted molar refractivity (Wildman–Crippen MR) is 353 cm³/mol. The third kappa shape index (κ3) is 67.3. The molecule has 1 atom stereocenters. The molecule has 0 rings (SSSR count). The fraction of sp³-hybridized carbons (Fsp3) is 0.773. The van der Waals surface area contributed by atoms with Crippen LogP contribution in [0.15, 0.2) is 85.1 Å². The Morgan fingerprint density at radius 2 is 0.481 bits per heavy atom. The lowest BCUT2D eigenvalue weighted by Gasteiger charge is -2.18. The monoisotopic (exact) mass is 1130 g/mol. The summed E-state index contributed by atoms with van der Waals surface area (Å²) in [7, 11) is 0. The van der Waals surface area contributed by atoms with E-state index in [2.05, 4.69) is 106 Å². The lowest BCUT2D eigenvalue weighted by Crippen LogP contribution is -2.30. The highest BCUT2D eigenvalue weighted by Gasteiger charge is 2.19. The van der Waals surface area contributed by atoms with E-state index in [1.165, 1.54) is 212 Å². The summed E-state index contributed by atoms with van der Waals surface area (Å²) in [5.74, 6) is -0.875. The molecule has 0 aromatic rings. The van der Waals surface area contributed by atoms with Crippen LogP contribution in [-0.2, 0) is 28.6 Å². The molecule has 1 unspecified atom stereocenters. The van der Waals surface area contributed by atoms with Crippen LogP contribution in [0.25, 0.3) is 0 Å². The number of hydrogen-bond acceptors (Lipinski definition) is 6. The zero-order valence-electron chi connectivity index (χ0n) is 53.8. The molecule has 0 aliphatic rings. The van der Waals surface area contributed by atoms with Gasteiger partial charge in [0.1, 0.15) is 13.2 Å². The van der Waals surface area contributed by atoms with Gasteiger partial charge in [-0.2, -0.15) is 0 Å². The molecule has 0 fully saturated rings.